The van der Waals surface area contributed by atoms with Gasteiger partial charge in [-0.25, -0.2) is 0 Å². The molecule has 158 valence electrons. The van der Waals surface area contributed by atoms with Crippen molar-refractivity contribution in [2.75, 3.05) is 23.7 Å². The fourth-order valence-electron chi connectivity index (χ4n) is 4.04. The van der Waals surface area contributed by atoms with Crippen LogP contribution in [0.2, 0.25) is 0 Å². The van der Waals surface area contributed by atoms with Crippen molar-refractivity contribution in [3.63, 3.8) is 0 Å². The predicted octanol–water partition coefficient (Wildman–Crippen LogP) is 4.73. The molecule has 30 heavy (non-hydrogen) atoms. The zero-order valence-electron chi connectivity index (χ0n) is 16.4. The highest BCUT2D eigenvalue weighted by Crippen LogP contribution is 2.47. The quantitative estimate of drug-likeness (QED) is 0.687. The molecule has 0 atom stereocenters. The number of thioether (sulfide) groups is 1. The molecule has 2 aliphatic rings. The largest absolute Gasteiger partial charge is 0.416 e. The molecule has 0 saturated carbocycles. The fraction of sp³-hybridized carbons (Fsp3) is 0.364. The highest BCUT2D eigenvalue weighted by Gasteiger charge is 2.49. The molecule has 1 spiro atoms. The Morgan fingerprint density at radius 1 is 1.00 bits per heavy atom. The molecule has 0 radical (unpaired) electrons. The summed E-state index contributed by atoms with van der Waals surface area (Å²) in [4.78, 5) is 28.5. The van der Waals surface area contributed by atoms with Crippen LogP contribution in [-0.2, 0) is 11.0 Å². The molecule has 8 heteroatoms. The number of likely N-dealkylation sites (tertiary alicyclic amines) is 1. The number of halogens is 3. The molecular weight excluding hydrogens is 413 g/mol. The number of nitrogens with zero attached hydrogens (tertiary/aromatic N) is 2. The number of hydrogen-bond donors (Lipinski definition) is 0. The van der Waals surface area contributed by atoms with E-state index in [0.29, 0.717) is 31.7 Å². The van der Waals surface area contributed by atoms with Gasteiger partial charge in [0.2, 0.25) is 5.91 Å². The first-order valence-corrected chi connectivity index (χ1v) is 10.7. The number of benzene rings is 2. The zero-order chi connectivity index (χ0) is 21.5. The number of anilines is 1. The monoisotopic (exact) mass is 434 g/mol. The minimum atomic E-state index is -4.43. The third-order valence-electron chi connectivity index (χ3n) is 5.70. The maximum absolute atomic E-state index is 12.8. The van der Waals surface area contributed by atoms with E-state index < -0.39 is 11.7 Å². The van der Waals surface area contributed by atoms with Crippen molar-refractivity contribution in [2.24, 2.45) is 0 Å². The highest BCUT2D eigenvalue weighted by atomic mass is 32.2. The normalized spacial score (nSPS) is 18.9. The van der Waals surface area contributed by atoms with Gasteiger partial charge >= 0.3 is 6.18 Å². The molecule has 2 heterocycles. The van der Waals surface area contributed by atoms with E-state index in [0.717, 1.165) is 23.4 Å². The van der Waals surface area contributed by atoms with Gasteiger partial charge in [-0.2, -0.15) is 13.2 Å². The molecule has 0 unspecified atom stereocenters. The second-order valence-electron chi connectivity index (χ2n) is 7.67. The third-order valence-corrected chi connectivity index (χ3v) is 7.22. The number of aryl methyl sites for hydroxylation is 1. The van der Waals surface area contributed by atoms with Crippen LogP contribution in [0.5, 0.6) is 0 Å². The number of alkyl halides is 3. The van der Waals surface area contributed by atoms with Gasteiger partial charge in [0, 0.05) is 24.3 Å². The van der Waals surface area contributed by atoms with Gasteiger partial charge in [0.05, 0.1) is 16.2 Å². The Morgan fingerprint density at radius 2 is 1.60 bits per heavy atom. The van der Waals surface area contributed by atoms with Crippen molar-refractivity contribution in [3.8, 4) is 0 Å². The van der Waals surface area contributed by atoms with Crippen molar-refractivity contribution in [1.29, 1.82) is 0 Å². The van der Waals surface area contributed by atoms with Gasteiger partial charge in [0.1, 0.15) is 0 Å². The first-order valence-electron chi connectivity index (χ1n) is 9.70. The lowest BCUT2D eigenvalue weighted by molar-refractivity contribution is -0.137. The lowest BCUT2D eigenvalue weighted by Gasteiger charge is -2.44. The maximum atomic E-state index is 12.8. The average Bonchev–Trinajstić information content (AvgIpc) is 3.04. The molecule has 2 aromatic rings. The molecule has 0 aliphatic carbocycles. The topological polar surface area (TPSA) is 40.6 Å². The van der Waals surface area contributed by atoms with Crippen LogP contribution in [0, 0.1) is 6.92 Å². The van der Waals surface area contributed by atoms with E-state index in [4.69, 9.17) is 0 Å². The summed E-state index contributed by atoms with van der Waals surface area (Å²) in [5.41, 5.74) is 1.44. The number of amides is 2. The molecule has 0 N–H and O–H groups in total. The summed E-state index contributed by atoms with van der Waals surface area (Å²) in [6, 6.07) is 12.2. The van der Waals surface area contributed by atoms with Gasteiger partial charge in [0.15, 0.2) is 0 Å². The Balaban J connectivity index is 1.48. The van der Waals surface area contributed by atoms with E-state index in [9.17, 15) is 22.8 Å². The van der Waals surface area contributed by atoms with Crippen LogP contribution in [0.4, 0.5) is 18.9 Å². The summed E-state index contributed by atoms with van der Waals surface area (Å²) >= 11 is 1.61. The Labute approximate surface area is 177 Å². The SMILES string of the molecule is Cc1ccc(N2C(=O)CSC23CCN(C(=O)c2ccc(C(F)(F)F)cc2)CC3)cc1. The van der Waals surface area contributed by atoms with Crippen molar-refractivity contribution < 1.29 is 22.8 Å². The van der Waals surface area contributed by atoms with Gasteiger partial charge in [-0.15, -0.1) is 11.8 Å². The second kappa shape index (κ2) is 7.65. The smallest absolute Gasteiger partial charge is 0.338 e. The van der Waals surface area contributed by atoms with E-state index in [1.54, 1.807) is 16.7 Å². The Hall–Kier alpha value is -2.48. The molecule has 0 aromatic heterocycles. The summed E-state index contributed by atoms with van der Waals surface area (Å²) < 4.78 is 38.2. The number of rotatable bonds is 2. The van der Waals surface area contributed by atoms with Crippen LogP contribution in [0.3, 0.4) is 0 Å². The molecule has 2 amide bonds. The van der Waals surface area contributed by atoms with Gasteiger partial charge in [-0.05, 0) is 56.2 Å². The second-order valence-corrected chi connectivity index (χ2v) is 9.00. The molecule has 0 bridgehead atoms. The molecule has 2 fully saturated rings. The van der Waals surface area contributed by atoms with Crippen molar-refractivity contribution in [1.82, 2.24) is 4.90 Å². The lowest BCUT2D eigenvalue weighted by atomic mass is 10.00. The molecule has 2 aromatic carbocycles. The van der Waals surface area contributed by atoms with Gasteiger partial charge in [-0.3, -0.25) is 14.5 Å². The first kappa shape index (κ1) is 20.8. The Bertz CT molecular complexity index is 950. The van der Waals surface area contributed by atoms with Crippen LogP contribution in [0.15, 0.2) is 48.5 Å². The maximum Gasteiger partial charge on any atom is 0.416 e. The summed E-state index contributed by atoms with van der Waals surface area (Å²) in [6.07, 6.45) is -3.20. The number of carbonyl (C=O) groups excluding carboxylic acids is 2. The highest BCUT2D eigenvalue weighted by molar-refractivity contribution is 8.02. The minimum absolute atomic E-state index is 0.0615. The average molecular weight is 434 g/mol. The number of piperidine rings is 1. The van der Waals surface area contributed by atoms with E-state index in [2.05, 4.69) is 0 Å². The van der Waals surface area contributed by atoms with Gasteiger partial charge in [-0.1, -0.05) is 17.7 Å². The third kappa shape index (κ3) is 3.80. The van der Waals surface area contributed by atoms with E-state index >= 15 is 0 Å². The van der Waals surface area contributed by atoms with Crippen molar-refractivity contribution in [3.05, 3.63) is 65.2 Å². The first-order chi connectivity index (χ1) is 14.2. The summed E-state index contributed by atoms with van der Waals surface area (Å²) in [5.74, 6) is 0.182. The molecule has 4 rings (SSSR count). The summed E-state index contributed by atoms with van der Waals surface area (Å²) in [7, 11) is 0. The summed E-state index contributed by atoms with van der Waals surface area (Å²) in [5, 5.41) is 0. The van der Waals surface area contributed by atoms with Gasteiger partial charge in [0.25, 0.3) is 5.91 Å². The van der Waals surface area contributed by atoms with Crippen LogP contribution in [-0.4, -0.2) is 40.4 Å². The van der Waals surface area contributed by atoms with Gasteiger partial charge < -0.3 is 4.90 Å². The minimum Gasteiger partial charge on any atom is -0.338 e. The standard InChI is InChI=1S/C22H21F3N2O2S/c1-15-2-8-18(9-3-15)27-19(28)14-30-21(27)10-12-26(13-11-21)20(29)16-4-6-17(7-5-16)22(23,24)25/h2-9H,10-14H2,1H3. The fourth-order valence-corrected chi connectivity index (χ4v) is 5.37. The molecule has 2 saturated heterocycles. The van der Waals surface area contributed by atoms with Crippen LogP contribution in [0.25, 0.3) is 0 Å². The van der Waals surface area contributed by atoms with Crippen LogP contribution >= 0.6 is 11.8 Å². The Kier molecular flexibility index (Phi) is 5.30. The predicted molar refractivity (Wildman–Crippen MR) is 110 cm³/mol. The molecular formula is C22H21F3N2O2S. The zero-order valence-corrected chi connectivity index (χ0v) is 17.2. The van der Waals surface area contributed by atoms with Crippen molar-refractivity contribution in [2.45, 2.75) is 30.8 Å². The van der Waals surface area contributed by atoms with Crippen LogP contribution in [0.1, 0.15) is 34.3 Å². The van der Waals surface area contributed by atoms with E-state index in [1.807, 2.05) is 36.1 Å². The number of carbonyl (C=O) groups is 2. The van der Waals surface area contributed by atoms with Crippen molar-refractivity contribution >= 4 is 29.3 Å². The van der Waals surface area contributed by atoms with E-state index in [1.165, 1.54) is 12.1 Å². The van der Waals surface area contributed by atoms with Crippen LogP contribution < -0.4 is 4.90 Å². The Morgan fingerprint density at radius 3 is 2.17 bits per heavy atom. The van der Waals surface area contributed by atoms with E-state index in [-0.39, 0.29) is 22.2 Å². The summed E-state index contributed by atoms with van der Waals surface area (Å²) in [6.45, 7) is 2.89. The lowest BCUT2D eigenvalue weighted by Crippen LogP contribution is -2.53. The molecule has 2 aliphatic heterocycles. The molecule has 4 nitrogen and oxygen atoms in total. The number of hydrogen-bond acceptors (Lipinski definition) is 3.